The van der Waals surface area contributed by atoms with Crippen LogP contribution in [-0.4, -0.2) is 48.8 Å². The average molecular weight is 301 g/mol. The van der Waals surface area contributed by atoms with Crippen molar-refractivity contribution in [3.63, 3.8) is 0 Å². The van der Waals surface area contributed by atoms with E-state index in [4.69, 9.17) is 9.84 Å². The summed E-state index contributed by atoms with van der Waals surface area (Å²) in [5, 5.41) is 8.89. The smallest absolute Gasteiger partial charge is 0.305 e. The van der Waals surface area contributed by atoms with Crippen LogP contribution in [0.1, 0.15) is 71.6 Å². The second-order valence-corrected chi connectivity index (χ2v) is 5.60. The molecule has 0 saturated heterocycles. The molecule has 0 amide bonds. The van der Waals surface area contributed by atoms with Gasteiger partial charge in [0.2, 0.25) is 0 Å². The highest BCUT2D eigenvalue weighted by Gasteiger charge is 2.04. The molecule has 0 heterocycles. The maximum Gasteiger partial charge on any atom is 0.305 e. The molecule has 0 rings (SSSR count). The summed E-state index contributed by atoms with van der Waals surface area (Å²) in [6, 6.07) is 0. The van der Waals surface area contributed by atoms with Crippen LogP contribution in [0.4, 0.5) is 0 Å². The van der Waals surface area contributed by atoms with Crippen molar-refractivity contribution >= 4 is 5.97 Å². The van der Waals surface area contributed by atoms with Crippen LogP contribution in [0.3, 0.4) is 0 Å². The van der Waals surface area contributed by atoms with Crippen molar-refractivity contribution < 1.29 is 14.6 Å². The third kappa shape index (κ3) is 14.1. The summed E-state index contributed by atoms with van der Waals surface area (Å²) in [5.41, 5.74) is 0. The van der Waals surface area contributed by atoms with Gasteiger partial charge in [-0.15, -0.1) is 0 Å². The molecule has 0 radical (unpaired) electrons. The first kappa shape index (κ1) is 20.4. The van der Waals surface area contributed by atoms with Crippen molar-refractivity contribution in [3.8, 4) is 0 Å². The molecule has 4 nitrogen and oxygen atoms in total. The summed E-state index contributed by atoms with van der Waals surface area (Å²) in [6.45, 7) is 7.83. The molecular weight excluding hydrogens is 266 g/mol. The van der Waals surface area contributed by atoms with Crippen LogP contribution in [0.25, 0.3) is 0 Å². The number of aliphatic hydroxyl groups is 1. The van der Waals surface area contributed by atoms with Crippen LogP contribution in [0, 0.1) is 0 Å². The summed E-state index contributed by atoms with van der Waals surface area (Å²) in [4.78, 5) is 13.8. The van der Waals surface area contributed by atoms with Gasteiger partial charge in [0.15, 0.2) is 0 Å². The van der Waals surface area contributed by atoms with E-state index in [-0.39, 0.29) is 12.6 Å². The van der Waals surface area contributed by atoms with Gasteiger partial charge in [-0.3, -0.25) is 4.79 Å². The van der Waals surface area contributed by atoms with Gasteiger partial charge in [0.25, 0.3) is 0 Å². The summed E-state index contributed by atoms with van der Waals surface area (Å²) in [7, 11) is 0. The van der Waals surface area contributed by atoms with Crippen molar-refractivity contribution in [1.29, 1.82) is 0 Å². The second-order valence-electron chi connectivity index (χ2n) is 5.60. The molecule has 0 bridgehead atoms. The number of carbonyl (C=O) groups excluding carboxylic acids is 1. The molecule has 1 N–H and O–H groups in total. The van der Waals surface area contributed by atoms with E-state index in [1.54, 1.807) is 0 Å². The zero-order valence-corrected chi connectivity index (χ0v) is 14.1. The Hall–Kier alpha value is -0.610. The normalized spacial score (nSPS) is 11.0. The largest absolute Gasteiger partial charge is 0.466 e. The van der Waals surface area contributed by atoms with E-state index in [1.165, 1.54) is 25.7 Å². The van der Waals surface area contributed by atoms with E-state index >= 15 is 0 Å². The molecule has 0 saturated carbocycles. The van der Waals surface area contributed by atoms with Crippen molar-refractivity contribution in [2.24, 2.45) is 0 Å². The van der Waals surface area contributed by atoms with Crippen molar-refractivity contribution in [3.05, 3.63) is 0 Å². The lowest BCUT2D eigenvalue weighted by Gasteiger charge is -2.18. The first-order valence-electron chi connectivity index (χ1n) is 8.73. The minimum atomic E-state index is -0.0480. The zero-order chi connectivity index (χ0) is 15.8. The lowest BCUT2D eigenvalue weighted by molar-refractivity contribution is -0.143. The third-order valence-corrected chi connectivity index (χ3v) is 3.73. The highest BCUT2D eigenvalue weighted by molar-refractivity contribution is 5.69. The SMILES string of the molecule is CCCCCCCOC(=O)CCCCCN(CC)CCO. The monoisotopic (exact) mass is 301 g/mol. The summed E-state index contributed by atoms with van der Waals surface area (Å²) < 4.78 is 5.23. The lowest BCUT2D eigenvalue weighted by atomic mass is 10.1. The van der Waals surface area contributed by atoms with Gasteiger partial charge in [-0.1, -0.05) is 46.0 Å². The Morgan fingerprint density at radius 2 is 1.67 bits per heavy atom. The summed E-state index contributed by atoms with van der Waals surface area (Å²) in [6.07, 6.45) is 9.51. The zero-order valence-electron chi connectivity index (χ0n) is 14.1. The Morgan fingerprint density at radius 3 is 2.33 bits per heavy atom. The van der Waals surface area contributed by atoms with E-state index in [2.05, 4.69) is 18.7 Å². The van der Waals surface area contributed by atoms with Gasteiger partial charge in [-0.2, -0.15) is 0 Å². The van der Waals surface area contributed by atoms with Gasteiger partial charge in [0.1, 0.15) is 0 Å². The van der Waals surface area contributed by atoms with Crippen molar-refractivity contribution in [2.45, 2.75) is 71.6 Å². The van der Waals surface area contributed by atoms with Crippen LogP contribution in [-0.2, 0) is 9.53 Å². The van der Waals surface area contributed by atoms with E-state index in [0.29, 0.717) is 13.0 Å². The first-order valence-corrected chi connectivity index (χ1v) is 8.73. The van der Waals surface area contributed by atoms with Gasteiger partial charge in [-0.05, 0) is 32.4 Å². The Kier molecular flexibility index (Phi) is 15.3. The van der Waals surface area contributed by atoms with E-state index in [9.17, 15) is 4.79 Å². The second kappa shape index (κ2) is 15.8. The van der Waals surface area contributed by atoms with Gasteiger partial charge < -0.3 is 14.7 Å². The summed E-state index contributed by atoms with van der Waals surface area (Å²) in [5.74, 6) is -0.0480. The van der Waals surface area contributed by atoms with Gasteiger partial charge in [-0.25, -0.2) is 0 Å². The topological polar surface area (TPSA) is 49.8 Å². The van der Waals surface area contributed by atoms with Crippen LogP contribution in [0.15, 0.2) is 0 Å². The fourth-order valence-corrected chi connectivity index (χ4v) is 2.31. The Labute approximate surface area is 130 Å². The molecule has 0 spiro atoms. The molecule has 0 fully saturated rings. The quantitative estimate of drug-likeness (QED) is 0.372. The molecule has 0 aromatic rings. The number of carbonyl (C=O) groups is 1. The predicted molar refractivity (Wildman–Crippen MR) is 87.4 cm³/mol. The number of nitrogens with zero attached hydrogens (tertiary/aromatic N) is 1. The van der Waals surface area contributed by atoms with Gasteiger partial charge in [0.05, 0.1) is 13.2 Å². The molecule has 126 valence electrons. The highest BCUT2D eigenvalue weighted by Crippen LogP contribution is 2.05. The lowest BCUT2D eigenvalue weighted by Crippen LogP contribution is -2.27. The molecular formula is C17H35NO3. The average Bonchev–Trinajstić information content (AvgIpc) is 2.49. The number of rotatable bonds is 15. The highest BCUT2D eigenvalue weighted by atomic mass is 16.5. The van der Waals surface area contributed by atoms with E-state index in [0.717, 1.165) is 45.3 Å². The number of likely N-dealkylation sites (N-methyl/N-ethyl adjacent to an activating group) is 1. The third-order valence-electron chi connectivity index (χ3n) is 3.73. The Balaban J connectivity index is 3.33. The van der Waals surface area contributed by atoms with Crippen molar-refractivity contribution in [1.82, 2.24) is 4.90 Å². The van der Waals surface area contributed by atoms with Gasteiger partial charge >= 0.3 is 5.97 Å². The number of unbranched alkanes of at least 4 members (excludes halogenated alkanes) is 6. The predicted octanol–water partition coefficient (Wildman–Crippen LogP) is 3.37. The van der Waals surface area contributed by atoms with Crippen LogP contribution in [0.5, 0.6) is 0 Å². The Bertz CT molecular complexity index is 234. The maximum absolute atomic E-state index is 11.5. The number of esters is 1. The molecule has 0 aliphatic rings. The fourth-order valence-electron chi connectivity index (χ4n) is 2.31. The molecule has 0 unspecified atom stereocenters. The molecule has 4 heteroatoms. The number of hydrogen-bond acceptors (Lipinski definition) is 4. The Morgan fingerprint density at radius 1 is 0.952 bits per heavy atom. The van der Waals surface area contributed by atoms with E-state index < -0.39 is 0 Å². The van der Waals surface area contributed by atoms with Crippen LogP contribution in [0.2, 0.25) is 0 Å². The van der Waals surface area contributed by atoms with Crippen LogP contribution < -0.4 is 0 Å². The first-order chi connectivity index (χ1) is 10.2. The molecule has 21 heavy (non-hydrogen) atoms. The minimum absolute atomic E-state index is 0.0480. The van der Waals surface area contributed by atoms with Gasteiger partial charge in [0, 0.05) is 13.0 Å². The summed E-state index contributed by atoms with van der Waals surface area (Å²) >= 11 is 0. The molecule has 0 aliphatic carbocycles. The number of hydrogen-bond donors (Lipinski definition) is 1. The van der Waals surface area contributed by atoms with Crippen molar-refractivity contribution in [2.75, 3.05) is 32.8 Å². The number of ether oxygens (including phenoxy) is 1. The molecule has 0 aromatic carbocycles. The fraction of sp³-hybridized carbons (Fsp3) is 0.941. The minimum Gasteiger partial charge on any atom is -0.466 e. The standard InChI is InChI=1S/C17H35NO3/c1-3-5-6-7-11-16-21-17(20)12-9-8-10-13-18(4-2)14-15-19/h19H,3-16H2,1-2H3. The van der Waals surface area contributed by atoms with E-state index in [1.807, 2.05) is 0 Å². The molecule has 0 aliphatic heterocycles. The molecule has 0 atom stereocenters. The van der Waals surface area contributed by atoms with Crippen LogP contribution >= 0.6 is 0 Å². The number of aliphatic hydroxyl groups excluding tert-OH is 1. The maximum atomic E-state index is 11.5. The molecule has 0 aromatic heterocycles.